The number of carbonyl (C=O) groups is 1. The third kappa shape index (κ3) is 5.36. The first-order valence-electron chi connectivity index (χ1n) is 10.9. The van der Waals surface area contributed by atoms with Gasteiger partial charge in [0.2, 0.25) is 5.91 Å². The number of ether oxygens (including phenoxy) is 1. The van der Waals surface area contributed by atoms with Crippen LogP contribution in [0.4, 0.5) is 0 Å². The largest absolute Gasteiger partial charge is 0.497 e. The van der Waals surface area contributed by atoms with E-state index in [0.717, 1.165) is 28.7 Å². The molecule has 1 amide bonds. The standard InChI is InChI=1S/C23H34N4O2S/c1-15(2)17(4)24-21(28)14-30-23-26-25-22(18-10-12-19(29-5)13-11-18)27(23)20-9-7-6-8-16(20)3/h10-13,15-17,20H,6-9,14H2,1-5H3,(H,24,28)/t16-,17-,20+/m1/s1. The van der Waals surface area contributed by atoms with Crippen LogP contribution < -0.4 is 10.1 Å². The second-order valence-electron chi connectivity index (χ2n) is 8.62. The highest BCUT2D eigenvalue weighted by Gasteiger charge is 2.29. The molecule has 1 heterocycles. The zero-order valence-electron chi connectivity index (χ0n) is 18.7. The summed E-state index contributed by atoms with van der Waals surface area (Å²) in [6.07, 6.45) is 4.81. The molecule has 1 aliphatic rings. The van der Waals surface area contributed by atoms with Gasteiger partial charge in [0, 0.05) is 17.6 Å². The quantitative estimate of drug-likeness (QED) is 0.600. The minimum absolute atomic E-state index is 0.0402. The van der Waals surface area contributed by atoms with Crippen molar-refractivity contribution in [2.45, 2.75) is 70.6 Å². The molecule has 1 aliphatic carbocycles. The second-order valence-corrected chi connectivity index (χ2v) is 9.57. The lowest BCUT2D eigenvalue weighted by molar-refractivity contribution is -0.119. The van der Waals surface area contributed by atoms with Gasteiger partial charge in [-0.05, 0) is 55.9 Å². The Morgan fingerprint density at radius 2 is 1.90 bits per heavy atom. The van der Waals surface area contributed by atoms with Crippen LogP contribution in [-0.2, 0) is 4.79 Å². The fourth-order valence-electron chi connectivity index (χ4n) is 3.88. The molecule has 0 radical (unpaired) electrons. The molecule has 3 atom stereocenters. The van der Waals surface area contributed by atoms with Crippen LogP contribution in [0.5, 0.6) is 5.75 Å². The van der Waals surface area contributed by atoms with E-state index in [4.69, 9.17) is 4.74 Å². The fraction of sp³-hybridized carbons (Fsp3) is 0.609. The van der Waals surface area contributed by atoms with Crippen molar-refractivity contribution in [2.75, 3.05) is 12.9 Å². The molecular formula is C23H34N4O2S. The van der Waals surface area contributed by atoms with E-state index in [-0.39, 0.29) is 11.9 Å². The Morgan fingerprint density at radius 1 is 1.20 bits per heavy atom. The number of hydrogen-bond acceptors (Lipinski definition) is 5. The molecule has 30 heavy (non-hydrogen) atoms. The van der Waals surface area contributed by atoms with Crippen molar-refractivity contribution < 1.29 is 9.53 Å². The van der Waals surface area contributed by atoms with E-state index in [2.05, 4.69) is 40.9 Å². The molecule has 1 fully saturated rings. The number of nitrogens with one attached hydrogen (secondary N) is 1. The van der Waals surface area contributed by atoms with Crippen LogP contribution in [0.25, 0.3) is 11.4 Å². The van der Waals surface area contributed by atoms with Crippen molar-refractivity contribution in [3.63, 3.8) is 0 Å². The predicted octanol–water partition coefficient (Wildman–Crippen LogP) is 4.96. The number of rotatable bonds is 8. The number of nitrogens with zero attached hydrogens (tertiary/aromatic N) is 3. The number of methoxy groups -OCH3 is 1. The summed E-state index contributed by atoms with van der Waals surface area (Å²) in [6.45, 7) is 8.58. The highest BCUT2D eigenvalue weighted by Crippen LogP contribution is 2.39. The molecule has 0 unspecified atom stereocenters. The van der Waals surface area contributed by atoms with Gasteiger partial charge in [-0.25, -0.2) is 0 Å². The van der Waals surface area contributed by atoms with Crippen LogP contribution in [0, 0.1) is 11.8 Å². The Balaban J connectivity index is 1.85. The van der Waals surface area contributed by atoms with Gasteiger partial charge in [-0.2, -0.15) is 0 Å². The van der Waals surface area contributed by atoms with Gasteiger partial charge in [0.05, 0.1) is 12.9 Å². The van der Waals surface area contributed by atoms with Gasteiger partial charge in [-0.15, -0.1) is 10.2 Å². The van der Waals surface area contributed by atoms with Crippen molar-refractivity contribution in [1.29, 1.82) is 0 Å². The molecule has 7 heteroatoms. The average molecular weight is 431 g/mol. The lowest BCUT2D eigenvalue weighted by atomic mass is 9.85. The first-order valence-corrected chi connectivity index (χ1v) is 11.9. The smallest absolute Gasteiger partial charge is 0.230 e. The zero-order valence-corrected chi connectivity index (χ0v) is 19.5. The molecular weight excluding hydrogens is 396 g/mol. The molecule has 6 nitrogen and oxygen atoms in total. The van der Waals surface area contributed by atoms with Gasteiger partial charge < -0.3 is 10.1 Å². The SMILES string of the molecule is COc1ccc(-c2nnc(SCC(=O)N[C@H](C)C(C)C)n2[C@H]2CCCC[C@H]2C)cc1. The van der Waals surface area contributed by atoms with Crippen molar-refractivity contribution in [3.05, 3.63) is 24.3 Å². The monoisotopic (exact) mass is 430 g/mol. The summed E-state index contributed by atoms with van der Waals surface area (Å²) in [7, 11) is 1.67. The molecule has 1 saturated carbocycles. The summed E-state index contributed by atoms with van der Waals surface area (Å²) in [5.41, 5.74) is 1.02. The lowest BCUT2D eigenvalue weighted by Gasteiger charge is -2.31. The maximum atomic E-state index is 12.4. The van der Waals surface area contributed by atoms with Crippen LogP contribution in [0.1, 0.15) is 59.4 Å². The van der Waals surface area contributed by atoms with Crippen LogP contribution in [0.2, 0.25) is 0 Å². The maximum absolute atomic E-state index is 12.4. The van der Waals surface area contributed by atoms with Crippen LogP contribution in [0.15, 0.2) is 29.4 Å². The first kappa shape index (κ1) is 22.7. The van der Waals surface area contributed by atoms with Crippen molar-refractivity contribution >= 4 is 17.7 Å². The number of amides is 1. The van der Waals surface area contributed by atoms with Gasteiger partial charge in [0.1, 0.15) is 5.75 Å². The normalized spacial score (nSPS) is 20.2. The van der Waals surface area contributed by atoms with Crippen molar-refractivity contribution in [1.82, 2.24) is 20.1 Å². The Labute approximate surface area is 184 Å². The Hall–Kier alpha value is -2.02. The molecule has 0 bridgehead atoms. The molecule has 1 N–H and O–H groups in total. The molecule has 3 rings (SSSR count). The molecule has 1 aromatic heterocycles. The van der Waals surface area contributed by atoms with Gasteiger partial charge in [-0.1, -0.05) is 45.4 Å². The summed E-state index contributed by atoms with van der Waals surface area (Å²) in [5, 5.41) is 12.9. The number of aromatic nitrogens is 3. The van der Waals surface area contributed by atoms with Gasteiger partial charge >= 0.3 is 0 Å². The summed E-state index contributed by atoms with van der Waals surface area (Å²) >= 11 is 1.48. The highest BCUT2D eigenvalue weighted by molar-refractivity contribution is 7.99. The summed E-state index contributed by atoms with van der Waals surface area (Å²) in [6, 6.07) is 8.46. The van der Waals surface area contributed by atoms with Crippen molar-refractivity contribution in [3.8, 4) is 17.1 Å². The summed E-state index contributed by atoms with van der Waals surface area (Å²) in [5.74, 6) is 3.04. The van der Waals surface area contributed by atoms with E-state index >= 15 is 0 Å². The second kappa shape index (κ2) is 10.3. The minimum Gasteiger partial charge on any atom is -0.497 e. The Morgan fingerprint density at radius 3 is 2.53 bits per heavy atom. The van der Waals surface area contributed by atoms with Gasteiger partial charge in [0.15, 0.2) is 11.0 Å². The zero-order chi connectivity index (χ0) is 21.7. The predicted molar refractivity (Wildman–Crippen MR) is 122 cm³/mol. The maximum Gasteiger partial charge on any atom is 0.230 e. The van der Waals surface area contributed by atoms with E-state index in [1.165, 1.54) is 31.0 Å². The number of thioether (sulfide) groups is 1. The first-order chi connectivity index (χ1) is 14.4. The number of hydrogen-bond donors (Lipinski definition) is 1. The minimum atomic E-state index is 0.0402. The van der Waals surface area contributed by atoms with E-state index < -0.39 is 0 Å². The summed E-state index contributed by atoms with van der Waals surface area (Å²) in [4.78, 5) is 12.4. The van der Waals surface area contributed by atoms with Gasteiger partial charge in [0.25, 0.3) is 0 Å². The van der Waals surface area contributed by atoms with Crippen LogP contribution in [-0.4, -0.2) is 39.6 Å². The molecule has 0 saturated heterocycles. The van der Waals surface area contributed by atoms with E-state index in [1.807, 2.05) is 31.2 Å². The van der Waals surface area contributed by atoms with Crippen LogP contribution in [0.3, 0.4) is 0 Å². The number of benzene rings is 1. The highest BCUT2D eigenvalue weighted by atomic mass is 32.2. The van der Waals surface area contributed by atoms with E-state index in [9.17, 15) is 4.79 Å². The average Bonchev–Trinajstić information content (AvgIpc) is 3.16. The molecule has 164 valence electrons. The molecule has 2 aromatic rings. The Bertz CT molecular complexity index is 834. The van der Waals surface area contributed by atoms with E-state index in [1.54, 1.807) is 7.11 Å². The molecule has 0 spiro atoms. The van der Waals surface area contributed by atoms with Crippen LogP contribution >= 0.6 is 11.8 Å². The number of carbonyl (C=O) groups excluding carboxylic acids is 1. The van der Waals surface area contributed by atoms with Crippen molar-refractivity contribution in [2.24, 2.45) is 11.8 Å². The molecule has 0 aliphatic heterocycles. The summed E-state index contributed by atoms with van der Waals surface area (Å²) < 4.78 is 7.57. The van der Waals surface area contributed by atoms with E-state index in [0.29, 0.717) is 23.6 Å². The Kier molecular flexibility index (Phi) is 7.81. The third-order valence-corrected chi connectivity index (χ3v) is 7.07. The fourth-order valence-corrected chi connectivity index (χ4v) is 4.69. The topological polar surface area (TPSA) is 69.0 Å². The molecule has 1 aromatic carbocycles. The third-order valence-electron chi connectivity index (χ3n) is 6.13. The lowest BCUT2D eigenvalue weighted by Crippen LogP contribution is -2.37. The van der Waals surface area contributed by atoms with Gasteiger partial charge in [-0.3, -0.25) is 9.36 Å².